The van der Waals surface area contributed by atoms with E-state index in [0.717, 1.165) is 4.57 Å². The Hall–Kier alpha value is -2.05. The summed E-state index contributed by atoms with van der Waals surface area (Å²) in [6, 6.07) is 3.44. The topological polar surface area (TPSA) is 60.1 Å². The number of hydrogen-bond donors (Lipinski definition) is 0. The van der Waals surface area contributed by atoms with Crippen molar-refractivity contribution in [2.75, 3.05) is 19.0 Å². The normalized spacial score (nSPS) is 11.4. The first-order valence-corrected chi connectivity index (χ1v) is 7.56. The first-order chi connectivity index (χ1) is 10.8. The number of hydrogen-bond acceptors (Lipinski definition) is 4. The number of nitrogens with zero attached hydrogens (tertiary/aromatic N) is 4. The largest absolute Gasteiger partial charge is 0.376 e. The third kappa shape index (κ3) is 2.13. The van der Waals surface area contributed by atoms with Crippen LogP contribution in [0, 0.1) is 0 Å². The van der Waals surface area contributed by atoms with Crippen molar-refractivity contribution in [2.45, 2.75) is 0 Å². The van der Waals surface area contributed by atoms with E-state index >= 15 is 0 Å². The second-order valence-electron chi connectivity index (χ2n) is 5.52. The Labute approximate surface area is 141 Å². The van der Waals surface area contributed by atoms with Crippen molar-refractivity contribution < 1.29 is 0 Å². The molecule has 2 aromatic heterocycles. The lowest BCUT2D eigenvalue weighted by molar-refractivity contribution is 0.708. The number of benzene rings is 1. The van der Waals surface area contributed by atoms with Gasteiger partial charge in [-0.25, -0.2) is 9.78 Å². The molecule has 0 amide bonds. The molecule has 0 aliphatic heterocycles. The van der Waals surface area contributed by atoms with Crippen LogP contribution >= 0.6 is 23.2 Å². The average molecular weight is 353 g/mol. The van der Waals surface area contributed by atoms with E-state index in [9.17, 15) is 9.59 Å². The molecule has 0 bridgehead atoms. The molecule has 0 saturated heterocycles. The van der Waals surface area contributed by atoms with Gasteiger partial charge in [0, 0.05) is 33.6 Å². The fourth-order valence-corrected chi connectivity index (χ4v) is 3.08. The van der Waals surface area contributed by atoms with Crippen molar-refractivity contribution in [3.05, 3.63) is 43.0 Å². The molecule has 0 fully saturated rings. The maximum absolute atomic E-state index is 12.6. The Morgan fingerprint density at radius 1 is 1.09 bits per heavy atom. The summed E-state index contributed by atoms with van der Waals surface area (Å²) in [5, 5.41) is 1.73. The standard InChI is InChI=1S/C15H14Cl2N4O2/c1-19(2)12-7-5-6-8(16)10(17)11(7)18-13-9(12)14(22)21(4)15(23)20(13)3/h5-6H,1-4H3. The fraction of sp³-hybridized carbons (Fsp3) is 0.267. The van der Waals surface area contributed by atoms with E-state index in [1.807, 2.05) is 19.0 Å². The monoisotopic (exact) mass is 352 g/mol. The maximum Gasteiger partial charge on any atom is 0.332 e. The summed E-state index contributed by atoms with van der Waals surface area (Å²) in [6.45, 7) is 0. The molecule has 0 aliphatic rings. The number of aromatic nitrogens is 3. The van der Waals surface area contributed by atoms with Gasteiger partial charge in [-0.3, -0.25) is 13.9 Å². The second-order valence-corrected chi connectivity index (χ2v) is 6.30. The molecular weight excluding hydrogens is 339 g/mol. The van der Waals surface area contributed by atoms with Gasteiger partial charge in [-0.2, -0.15) is 0 Å². The minimum atomic E-state index is -0.447. The zero-order valence-corrected chi connectivity index (χ0v) is 14.5. The Morgan fingerprint density at radius 2 is 1.74 bits per heavy atom. The predicted molar refractivity (Wildman–Crippen MR) is 94.1 cm³/mol. The Morgan fingerprint density at radius 3 is 2.35 bits per heavy atom. The molecule has 0 aliphatic carbocycles. The van der Waals surface area contributed by atoms with Crippen molar-refractivity contribution in [3.63, 3.8) is 0 Å². The Bertz CT molecular complexity index is 1080. The van der Waals surface area contributed by atoms with Crippen molar-refractivity contribution in [2.24, 2.45) is 14.1 Å². The van der Waals surface area contributed by atoms with Crippen LogP contribution in [0.5, 0.6) is 0 Å². The molecule has 0 unspecified atom stereocenters. The van der Waals surface area contributed by atoms with Crippen LogP contribution in [-0.4, -0.2) is 28.2 Å². The summed E-state index contributed by atoms with van der Waals surface area (Å²) < 4.78 is 2.40. The van der Waals surface area contributed by atoms with Crippen LogP contribution in [0.15, 0.2) is 21.7 Å². The third-order valence-corrected chi connectivity index (χ3v) is 4.65. The molecule has 120 valence electrons. The van der Waals surface area contributed by atoms with Crippen molar-refractivity contribution in [1.29, 1.82) is 0 Å². The van der Waals surface area contributed by atoms with Gasteiger partial charge in [0.15, 0.2) is 5.65 Å². The van der Waals surface area contributed by atoms with E-state index < -0.39 is 11.2 Å². The van der Waals surface area contributed by atoms with Crippen molar-refractivity contribution in [1.82, 2.24) is 14.1 Å². The van der Waals surface area contributed by atoms with Gasteiger partial charge in [-0.15, -0.1) is 0 Å². The minimum Gasteiger partial charge on any atom is -0.376 e. The second kappa shape index (κ2) is 5.25. The summed E-state index contributed by atoms with van der Waals surface area (Å²) in [5.41, 5.74) is 0.543. The first-order valence-electron chi connectivity index (χ1n) is 6.80. The zero-order chi connectivity index (χ0) is 17.0. The van der Waals surface area contributed by atoms with E-state index in [2.05, 4.69) is 4.98 Å². The van der Waals surface area contributed by atoms with Crippen LogP contribution in [-0.2, 0) is 14.1 Å². The van der Waals surface area contributed by atoms with E-state index in [0.29, 0.717) is 32.0 Å². The molecule has 8 heteroatoms. The molecule has 6 nitrogen and oxygen atoms in total. The zero-order valence-electron chi connectivity index (χ0n) is 13.0. The van der Waals surface area contributed by atoms with Gasteiger partial charge in [0.1, 0.15) is 5.39 Å². The van der Waals surface area contributed by atoms with Gasteiger partial charge in [0.2, 0.25) is 0 Å². The van der Waals surface area contributed by atoms with E-state index in [1.165, 1.54) is 11.6 Å². The van der Waals surface area contributed by atoms with Gasteiger partial charge in [-0.1, -0.05) is 23.2 Å². The summed E-state index contributed by atoms with van der Waals surface area (Å²) >= 11 is 12.4. The predicted octanol–water partition coefficient (Wildman–Crippen LogP) is 2.16. The van der Waals surface area contributed by atoms with Crippen LogP contribution < -0.4 is 16.1 Å². The highest BCUT2D eigenvalue weighted by Crippen LogP contribution is 2.36. The molecule has 2 heterocycles. The summed E-state index contributed by atoms with van der Waals surface area (Å²) in [4.78, 5) is 31.1. The highest BCUT2D eigenvalue weighted by atomic mass is 35.5. The maximum atomic E-state index is 12.6. The van der Waals surface area contributed by atoms with Crippen molar-refractivity contribution in [3.8, 4) is 0 Å². The highest BCUT2D eigenvalue weighted by Gasteiger charge is 2.20. The van der Waals surface area contributed by atoms with Gasteiger partial charge in [-0.05, 0) is 12.1 Å². The minimum absolute atomic E-state index is 0.276. The molecule has 0 atom stereocenters. The molecule has 0 saturated carbocycles. The molecule has 1 aromatic carbocycles. The SMILES string of the molecule is CN(C)c1c2ccc(Cl)c(Cl)c2nc2c1c(=O)n(C)c(=O)n2C. The number of aryl methyl sites for hydroxylation is 1. The molecule has 23 heavy (non-hydrogen) atoms. The number of rotatable bonds is 1. The lowest BCUT2D eigenvalue weighted by Gasteiger charge is -2.19. The summed E-state index contributed by atoms with van der Waals surface area (Å²) in [7, 11) is 6.66. The molecule has 3 aromatic rings. The quantitative estimate of drug-likeness (QED) is 0.629. The number of pyridine rings is 1. The van der Waals surface area contributed by atoms with Crippen LogP contribution in [0.25, 0.3) is 21.9 Å². The molecular formula is C15H14Cl2N4O2. The van der Waals surface area contributed by atoms with Crippen LogP contribution in [0.2, 0.25) is 10.0 Å². The van der Waals surface area contributed by atoms with E-state index in [1.54, 1.807) is 19.2 Å². The molecule has 0 spiro atoms. The van der Waals surface area contributed by atoms with Crippen molar-refractivity contribution >= 4 is 50.8 Å². The lowest BCUT2D eigenvalue weighted by Crippen LogP contribution is -2.38. The van der Waals surface area contributed by atoms with Gasteiger partial charge in [0.25, 0.3) is 5.56 Å². The highest BCUT2D eigenvalue weighted by molar-refractivity contribution is 6.45. The Kier molecular flexibility index (Phi) is 3.61. The smallest absolute Gasteiger partial charge is 0.332 e. The number of halogens is 2. The summed E-state index contributed by atoms with van der Waals surface area (Å²) in [5.74, 6) is 0. The summed E-state index contributed by atoms with van der Waals surface area (Å²) in [6.07, 6.45) is 0. The van der Waals surface area contributed by atoms with E-state index in [-0.39, 0.29) is 5.65 Å². The molecule has 3 rings (SSSR count). The third-order valence-electron chi connectivity index (χ3n) is 3.86. The Balaban J connectivity index is 2.77. The van der Waals surface area contributed by atoms with Crippen LogP contribution in [0.3, 0.4) is 0 Å². The van der Waals surface area contributed by atoms with Crippen LogP contribution in [0.4, 0.5) is 5.69 Å². The van der Waals surface area contributed by atoms with E-state index in [4.69, 9.17) is 23.2 Å². The number of fused-ring (bicyclic) bond motifs is 2. The average Bonchev–Trinajstić information content (AvgIpc) is 2.52. The first kappa shape index (κ1) is 15.8. The van der Waals surface area contributed by atoms with Gasteiger partial charge >= 0.3 is 5.69 Å². The molecule has 0 N–H and O–H groups in total. The lowest BCUT2D eigenvalue weighted by atomic mass is 10.1. The van der Waals surface area contributed by atoms with Gasteiger partial charge < -0.3 is 4.90 Å². The fourth-order valence-electron chi connectivity index (χ4n) is 2.72. The molecule has 0 radical (unpaired) electrons. The van der Waals surface area contributed by atoms with Gasteiger partial charge in [0.05, 0.1) is 21.2 Å². The van der Waals surface area contributed by atoms with Crippen LogP contribution in [0.1, 0.15) is 0 Å². The number of anilines is 1.